The number of aryl methyl sites for hydroxylation is 2. The third-order valence-electron chi connectivity index (χ3n) is 6.78. The van der Waals surface area contributed by atoms with Crippen molar-refractivity contribution in [2.24, 2.45) is 0 Å². The highest BCUT2D eigenvalue weighted by Gasteiger charge is 2.23. The number of anilines is 1. The van der Waals surface area contributed by atoms with Crippen LogP contribution in [0.5, 0.6) is 0 Å². The molecule has 2 aromatic rings. The summed E-state index contributed by atoms with van der Waals surface area (Å²) in [5, 5.41) is 5.26. The van der Waals surface area contributed by atoms with Gasteiger partial charge >= 0.3 is 0 Å². The molecule has 1 saturated carbocycles. The van der Waals surface area contributed by atoms with Gasteiger partial charge in [0.15, 0.2) is 0 Å². The number of nitrogens with zero attached hydrogens (tertiary/aromatic N) is 3. The van der Waals surface area contributed by atoms with Crippen LogP contribution in [-0.4, -0.2) is 47.2 Å². The van der Waals surface area contributed by atoms with Gasteiger partial charge < -0.3 is 10.1 Å². The molecule has 1 N–H and O–H groups in total. The molecule has 0 aromatic carbocycles. The molecule has 0 atom stereocenters. The van der Waals surface area contributed by atoms with Crippen LogP contribution in [0.25, 0.3) is 10.2 Å². The highest BCUT2D eigenvalue weighted by Crippen LogP contribution is 2.39. The fourth-order valence-electron chi connectivity index (χ4n) is 5.13. The number of aromatic nitrogens is 2. The zero-order valence-electron chi connectivity index (χ0n) is 17.5. The Morgan fingerprint density at radius 3 is 2.52 bits per heavy atom. The van der Waals surface area contributed by atoms with Gasteiger partial charge in [-0.05, 0) is 44.1 Å². The molecule has 6 heteroatoms. The quantitative estimate of drug-likeness (QED) is 0.769. The Balaban J connectivity index is 1.47. The Hall–Kier alpha value is -1.24. The van der Waals surface area contributed by atoms with Crippen molar-refractivity contribution in [3.63, 3.8) is 0 Å². The average molecular weight is 415 g/mol. The molecule has 5 nitrogen and oxygen atoms in total. The van der Waals surface area contributed by atoms with E-state index in [-0.39, 0.29) is 0 Å². The van der Waals surface area contributed by atoms with Crippen LogP contribution in [0.2, 0.25) is 0 Å². The summed E-state index contributed by atoms with van der Waals surface area (Å²) < 4.78 is 5.52. The number of rotatable bonds is 4. The van der Waals surface area contributed by atoms with Crippen LogP contribution in [0, 0.1) is 0 Å². The lowest BCUT2D eigenvalue weighted by Crippen LogP contribution is -2.36. The molecule has 0 radical (unpaired) electrons. The fourth-order valence-corrected chi connectivity index (χ4v) is 6.41. The molecule has 2 fully saturated rings. The molecule has 29 heavy (non-hydrogen) atoms. The molecule has 1 saturated heterocycles. The summed E-state index contributed by atoms with van der Waals surface area (Å²) >= 11 is 1.93. The molecule has 3 aliphatic rings. The molecular weight excluding hydrogens is 380 g/mol. The lowest BCUT2D eigenvalue weighted by Gasteiger charge is -2.26. The van der Waals surface area contributed by atoms with E-state index in [4.69, 9.17) is 14.7 Å². The summed E-state index contributed by atoms with van der Waals surface area (Å²) in [4.78, 5) is 15.4. The average Bonchev–Trinajstić information content (AvgIpc) is 3.09. The van der Waals surface area contributed by atoms with Gasteiger partial charge in [-0.1, -0.05) is 32.1 Å². The number of hydrogen-bond acceptors (Lipinski definition) is 6. The maximum absolute atomic E-state index is 5.52. The minimum atomic E-state index is 0.559. The van der Waals surface area contributed by atoms with Gasteiger partial charge in [-0.2, -0.15) is 0 Å². The number of ether oxygens (including phenoxy) is 1. The number of thiophene rings is 1. The van der Waals surface area contributed by atoms with Crippen molar-refractivity contribution in [3.8, 4) is 0 Å². The van der Waals surface area contributed by atoms with Gasteiger partial charge in [0.1, 0.15) is 16.5 Å². The molecule has 1 aliphatic heterocycles. The first kappa shape index (κ1) is 19.7. The predicted molar refractivity (Wildman–Crippen MR) is 120 cm³/mol. The molecule has 2 aliphatic carbocycles. The summed E-state index contributed by atoms with van der Waals surface area (Å²) in [5.41, 5.74) is 1.54. The zero-order chi connectivity index (χ0) is 19.5. The number of morpholine rings is 1. The summed E-state index contributed by atoms with van der Waals surface area (Å²) in [6, 6.07) is 0.559. The molecule has 2 aromatic heterocycles. The van der Waals surface area contributed by atoms with Crippen molar-refractivity contribution in [3.05, 3.63) is 16.3 Å². The molecule has 158 valence electrons. The first-order valence-electron chi connectivity index (χ1n) is 11.7. The third-order valence-corrected chi connectivity index (χ3v) is 7.96. The van der Waals surface area contributed by atoms with E-state index in [2.05, 4.69) is 10.2 Å². The van der Waals surface area contributed by atoms with E-state index in [9.17, 15) is 0 Å². The van der Waals surface area contributed by atoms with Gasteiger partial charge in [-0.3, -0.25) is 4.90 Å². The van der Waals surface area contributed by atoms with Crippen LogP contribution in [0.15, 0.2) is 0 Å². The van der Waals surface area contributed by atoms with Crippen LogP contribution >= 0.6 is 11.3 Å². The fraction of sp³-hybridized carbons (Fsp3) is 0.739. The van der Waals surface area contributed by atoms with Gasteiger partial charge in [0, 0.05) is 24.0 Å². The van der Waals surface area contributed by atoms with Gasteiger partial charge in [-0.15, -0.1) is 11.3 Å². The predicted octanol–water partition coefficient (Wildman–Crippen LogP) is 4.93. The second-order valence-electron chi connectivity index (χ2n) is 8.95. The monoisotopic (exact) mass is 414 g/mol. The summed E-state index contributed by atoms with van der Waals surface area (Å²) in [6.45, 7) is 4.44. The molecule has 0 amide bonds. The third kappa shape index (κ3) is 4.59. The largest absolute Gasteiger partial charge is 0.379 e. The summed E-state index contributed by atoms with van der Waals surface area (Å²) in [7, 11) is 0. The van der Waals surface area contributed by atoms with Crippen LogP contribution in [0.1, 0.15) is 74.1 Å². The highest BCUT2D eigenvalue weighted by molar-refractivity contribution is 7.19. The Labute approximate surface area is 178 Å². The van der Waals surface area contributed by atoms with E-state index in [1.165, 1.54) is 80.8 Å². The minimum Gasteiger partial charge on any atom is -0.379 e. The van der Waals surface area contributed by atoms with Crippen molar-refractivity contribution >= 4 is 27.4 Å². The number of nitrogens with one attached hydrogen (secondary N) is 1. The molecule has 0 unspecified atom stereocenters. The Morgan fingerprint density at radius 2 is 1.69 bits per heavy atom. The van der Waals surface area contributed by atoms with E-state index in [1.54, 1.807) is 10.4 Å². The highest BCUT2D eigenvalue weighted by atomic mass is 32.1. The van der Waals surface area contributed by atoms with Gasteiger partial charge in [0.05, 0.1) is 25.1 Å². The number of fused-ring (bicyclic) bond motifs is 3. The topological polar surface area (TPSA) is 50.3 Å². The lowest BCUT2D eigenvalue weighted by atomic mass is 9.95. The van der Waals surface area contributed by atoms with Gasteiger partial charge in [0.25, 0.3) is 0 Å². The van der Waals surface area contributed by atoms with Crippen LogP contribution in [0.4, 0.5) is 5.82 Å². The van der Waals surface area contributed by atoms with E-state index in [1.807, 2.05) is 11.3 Å². The maximum atomic E-state index is 5.52. The zero-order valence-corrected chi connectivity index (χ0v) is 18.4. The van der Waals surface area contributed by atoms with E-state index in [0.29, 0.717) is 6.04 Å². The Kier molecular flexibility index (Phi) is 6.30. The van der Waals surface area contributed by atoms with Gasteiger partial charge in [-0.25, -0.2) is 9.97 Å². The number of hydrogen-bond donors (Lipinski definition) is 1. The second kappa shape index (κ2) is 9.27. The molecule has 0 spiro atoms. The lowest BCUT2D eigenvalue weighted by molar-refractivity contribution is 0.0331. The van der Waals surface area contributed by atoms with Gasteiger partial charge in [0.2, 0.25) is 0 Å². The van der Waals surface area contributed by atoms with Crippen molar-refractivity contribution in [1.82, 2.24) is 14.9 Å². The first-order valence-corrected chi connectivity index (χ1v) is 12.6. The van der Waals surface area contributed by atoms with Crippen molar-refractivity contribution < 1.29 is 4.74 Å². The maximum Gasteiger partial charge on any atom is 0.146 e. The summed E-state index contributed by atoms with van der Waals surface area (Å²) in [6.07, 6.45) is 14.4. The first-order chi connectivity index (χ1) is 14.4. The standard InChI is InChI=1S/C23H34N4OS/c1-2-4-8-17(9-5-3-1)24-22-21-18-10-6-7-11-19(18)29-23(21)26-20(25-22)16-27-12-14-28-15-13-27/h17H,1-16H2,(H,24,25,26). The minimum absolute atomic E-state index is 0.559. The molecular formula is C23H34N4OS. The molecule has 3 heterocycles. The SMILES string of the molecule is C1CCCC(Nc2nc(CN3CCOCC3)nc3sc4c(c23)CCCC4)CCC1. The van der Waals surface area contributed by atoms with Crippen molar-refractivity contribution in [2.45, 2.75) is 83.2 Å². The van der Waals surface area contributed by atoms with Crippen LogP contribution in [0.3, 0.4) is 0 Å². The van der Waals surface area contributed by atoms with Crippen LogP contribution < -0.4 is 5.32 Å². The van der Waals surface area contributed by atoms with Crippen molar-refractivity contribution in [1.29, 1.82) is 0 Å². The Morgan fingerprint density at radius 1 is 0.931 bits per heavy atom. The molecule has 5 rings (SSSR count). The van der Waals surface area contributed by atoms with E-state index < -0.39 is 0 Å². The van der Waals surface area contributed by atoms with E-state index >= 15 is 0 Å². The Bertz CT molecular complexity index is 822. The van der Waals surface area contributed by atoms with E-state index in [0.717, 1.165) is 44.5 Å². The normalized spacial score (nSPS) is 22.2. The van der Waals surface area contributed by atoms with Crippen molar-refractivity contribution in [2.75, 3.05) is 31.6 Å². The van der Waals surface area contributed by atoms with Crippen LogP contribution in [-0.2, 0) is 24.1 Å². The second-order valence-corrected chi connectivity index (χ2v) is 10.0. The smallest absolute Gasteiger partial charge is 0.146 e. The summed E-state index contributed by atoms with van der Waals surface area (Å²) in [5.74, 6) is 2.11. The molecule has 0 bridgehead atoms.